The lowest BCUT2D eigenvalue weighted by molar-refractivity contribution is -0.159. The van der Waals surface area contributed by atoms with Crippen LogP contribution in [0.2, 0.25) is 0 Å². The van der Waals surface area contributed by atoms with Gasteiger partial charge in [-0.05, 0) is 73.6 Å². The molecule has 0 rings (SSSR count). The Morgan fingerprint density at radius 1 is 0.459 bits per heavy atom. The van der Waals surface area contributed by atoms with Crippen LogP contribution in [-0.4, -0.2) is 124 Å². The Kier molecular flexibility index (Phi) is 35.2. The number of carboxylic acids is 1. The van der Waals surface area contributed by atoms with Crippen molar-refractivity contribution in [3.05, 3.63) is 0 Å². The molecule has 0 aliphatic carbocycles. The fourth-order valence-corrected chi connectivity index (χ4v) is 5.92. The van der Waals surface area contributed by atoms with Gasteiger partial charge < -0.3 is 49.5 Å². The number of unbranched alkanes of at least 4 members (excludes halogenated alkanes) is 13. The first-order chi connectivity index (χ1) is 29.0. The van der Waals surface area contributed by atoms with Crippen LogP contribution >= 0.6 is 0 Å². The first kappa shape index (κ1) is 57.7. The second kappa shape index (κ2) is 37.2. The van der Waals surface area contributed by atoms with Crippen molar-refractivity contribution in [3.8, 4) is 0 Å². The highest BCUT2D eigenvalue weighted by Gasteiger charge is 2.27. The lowest BCUT2D eigenvalue weighted by Gasteiger charge is -2.24. The fraction of sp³-hybridized carbons (Fsp3) is 0.867. The number of carbonyl (C=O) groups excluding carboxylic acids is 5. The molecule has 0 saturated heterocycles. The molecular formula is C45H83N3O13. The number of amides is 3. The normalized spacial score (nSPS) is 12.1. The Morgan fingerprint density at radius 2 is 0.869 bits per heavy atom. The van der Waals surface area contributed by atoms with Crippen molar-refractivity contribution in [1.29, 1.82) is 0 Å². The Labute approximate surface area is 366 Å². The SMILES string of the molecule is CC(C)(C)OC(=O)CCCCCCCCCCCCCCCCC(=O)NCCCOCCOCCOCCCNC(=O)COCC(=O)NC(CCC(=O)O)C(=O)OC(C)(C)C. The maximum Gasteiger partial charge on any atom is 0.329 e. The van der Waals surface area contributed by atoms with Crippen molar-refractivity contribution in [1.82, 2.24) is 16.0 Å². The molecule has 16 nitrogen and oxygen atoms in total. The Morgan fingerprint density at radius 3 is 1.33 bits per heavy atom. The number of rotatable bonds is 40. The molecule has 0 saturated carbocycles. The summed E-state index contributed by atoms with van der Waals surface area (Å²) in [5.41, 5.74) is -1.20. The summed E-state index contributed by atoms with van der Waals surface area (Å²) in [6.45, 7) is 13.5. The smallest absolute Gasteiger partial charge is 0.329 e. The Balaban J connectivity index is 3.51. The van der Waals surface area contributed by atoms with Gasteiger partial charge >= 0.3 is 17.9 Å². The number of carboxylic acid groups (broad SMARTS) is 1. The molecule has 1 atom stereocenters. The summed E-state index contributed by atoms with van der Waals surface area (Å²) < 4.78 is 32.3. The molecule has 0 fully saturated rings. The second-order valence-corrected chi connectivity index (χ2v) is 17.4. The van der Waals surface area contributed by atoms with E-state index in [-0.39, 0.29) is 31.3 Å². The number of ether oxygens (including phenoxy) is 6. The number of hydrogen-bond acceptors (Lipinski definition) is 12. The largest absolute Gasteiger partial charge is 0.481 e. The van der Waals surface area contributed by atoms with Gasteiger partial charge in [0.2, 0.25) is 17.7 Å². The molecular weight excluding hydrogens is 791 g/mol. The summed E-state index contributed by atoms with van der Waals surface area (Å²) in [5.74, 6) is -2.94. The summed E-state index contributed by atoms with van der Waals surface area (Å²) in [6, 6.07) is -1.15. The van der Waals surface area contributed by atoms with Gasteiger partial charge in [0.05, 0.1) is 26.4 Å². The molecule has 3 amide bonds. The topological polar surface area (TPSA) is 214 Å². The van der Waals surface area contributed by atoms with E-state index in [2.05, 4.69) is 16.0 Å². The molecule has 0 heterocycles. The zero-order valence-corrected chi connectivity index (χ0v) is 38.6. The highest BCUT2D eigenvalue weighted by molar-refractivity contribution is 5.86. The molecule has 0 aliphatic heterocycles. The van der Waals surface area contributed by atoms with E-state index < -0.39 is 47.6 Å². The molecule has 0 bridgehead atoms. The maximum absolute atomic E-state index is 12.3. The van der Waals surface area contributed by atoms with Gasteiger partial charge in [0.1, 0.15) is 30.5 Å². The predicted molar refractivity (Wildman–Crippen MR) is 233 cm³/mol. The first-order valence-electron chi connectivity index (χ1n) is 22.8. The monoisotopic (exact) mass is 874 g/mol. The third kappa shape index (κ3) is 43.1. The minimum absolute atomic E-state index is 0.0853. The zero-order valence-electron chi connectivity index (χ0n) is 38.6. The molecule has 0 aromatic carbocycles. The van der Waals surface area contributed by atoms with E-state index >= 15 is 0 Å². The van der Waals surface area contributed by atoms with Crippen LogP contribution in [0.1, 0.15) is 170 Å². The fourth-order valence-electron chi connectivity index (χ4n) is 5.92. The quantitative estimate of drug-likeness (QED) is 0.0391. The minimum atomic E-state index is -1.15. The van der Waals surface area contributed by atoms with E-state index in [0.29, 0.717) is 72.0 Å². The third-order valence-corrected chi connectivity index (χ3v) is 8.91. The van der Waals surface area contributed by atoms with Gasteiger partial charge in [-0.2, -0.15) is 0 Å². The van der Waals surface area contributed by atoms with Crippen molar-refractivity contribution in [3.63, 3.8) is 0 Å². The van der Waals surface area contributed by atoms with E-state index in [4.69, 9.17) is 33.5 Å². The molecule has 4 N–H and O–H groups in total. The molecule has 16 heteroatoms. The second-order valence-electron chi connectivity index (χ2n) is 17.4. The zero-order chi connectivity index (χ0) is 45.6. The van der Waals surface area contributed by atoms with Crippen LogP contribution in [-0.2, 0) is 57.2 Å². The summed E-state index contributed by atoms with van der Waals surface area (Å²) in [7, 11) is 0. The molecule has 61 heavy (non-hydrogen) atoms. The molecule has 0 aromatic rings. The third-order valence-electron chi connectivity index (χ3n) is 8.91. The molecule has 0 spiro atoms. The van der Waals surface area contributed by atoms with Crippen LogP contribution in [0.25, 0.3) is 0 Å². The average molecular weight is 874 g/mol. The van der Waals surface area contributed by atoms with Crippen molar-refractivity contribution in [2.75, 3.05) is 65.9 Å². The summed E-state index contributed by atoms with van der Waals surface area (Å²) >= 11 is 0. The summed E-state index contributed by atoms with van der Waals surface area (Å²) in [5, 5.41) is 17.0. The summed E-state index contributed by atoms with van der Waals surface area (Å²) in [6.07, 6.45) is 18.6. The van der Waals surface area contributed by atoms with Gasteiger partial charge in [0.25, 0.3) is 0 Å². The molecule has 1 unspecified atom stereocenters. The van der Waals surface area contributed by atoms with Crippen LogP contribution in [0.4, 0.5) is 0 Å². The average Bonchev–Trinajstić information content (AvgIpc) is 3.16. The first-order valence-corrected chi connectivity index (χ1v) is 22.8. The molecule has 356 valence electrons. The Hall–Kier alpha value is -3.34. The van der Waals surface area contributed by atoms with Crippen LogP contribution in [0.15, 0.2) is 0 Å². The van der Waals surface area contributed by atoms with Crippen LogP contribution in [0.5, 0.6) is 0 Å². The van der Waals surface area contributed by atoms with Crippen LogP contribution < -0.4 is 16.0 Å². The number of esters is 2. The number of carbonyl (C=O) groups is 6. The van der Waals surface area contributed by atoms with Gasteiger partial charge in [-0.15, -0.1) is 0 Å². The number of nitrogens with one attached hydrogen (secondary N) is 3. The van der Waals surface area contributed by atoms with Gasteiger partial charge in [-0.25, -0.2) is 4.79 Å². The lowest BCUT2D eigenvalue weighted by atomic mass is 10.0. The number of aliphatic carboxylic acids is 1. The van der Waals surface area contributed by atoms with E-state index in [1.807, 2.05) is 20.8 Å². The molecule has 0 aromatic heterocycles. The standard InChI is InChI=1S/C45H83N3O13/c1-44(2,3)60-42(54)24-20-18-16-14-12-10-8-7-9-11-13-15-17-19-23-38(49)46-27-21-29-56-31-33-58-34-32-57-30-22-28-47-39(50)35-59-36-40(51)48-37(25-26-41(52)53)43(55)61-45(4,5)6/h37H,7-36H2,1-6H3,(H,46,49)(H,47,50)(H,48,51)(H,52,53). The lowest BCUT2D eigenvalue weighted by Crippen LogP contribution is -2.46. The van der Waals surface area contributed by atoms with E-state index in [1.165, 1.54) is 64.2 Å². The van der Waals surface area contributed by atoms with Crippen LogP contribution in [0, 0.1) is 0 Å². The van der Waals surface area contributed by atoms with Gasteiger partial charge in [0.15, 0.2) is 0 Å². The van der Waals surface area contributed by atoms with Gasteiger partial charge in [-0.3, -0.25) is 24.0 Å². The van der Waals surface area contributed by atoms with Crippen molar-refractivity contribution in [2.24, 2.45) is 0 Å². The maximum atomic E-state index is 12.3. The van der Waals surface area contributed by atoms with Crippen molar-refractivity contribution in [2.45, 2.75) is 187 Å². The van der Waals surface area contributed by atoms with Gasteiger partial charge in [0, 0.05) is 45.6 Å². The predicted octanol–water partition coefficient (Wildman–Crippen LogP) is 6.34. The number of hydrogen-bond donors (Lipinski definition) is 4. The highest BCUT2D eigenvalue weighted by atomic mass is 16.6. The van der Waals surface area contributed by atoms with Crippen LogP contribution in [0.3, 0.4) is 0 Å². The minimum Gasteiger partial charge on any atom is -0.481 e. The summed E-state index contributed by atoms with van der Waals surface area (Å²) in [4.78, 5) is 71.3. The van der Waals surface area contributed by atoms with E-state index in [1.54, 1.807) is 20.8 Å². The highest BCUT2D eigenvalue weighted by Crippen LogP contribution is 2.15. The van der Waals surface area contributed by atoms with Gasteiger partial charge in [-0.1, -0.05) is 77.0 Å². The molecule has 0 radical (unpaired) electrons. The van der Waals surface area contributed by atoms with E-state index in [0.717, 1.165) is 32.1 Å². The van der Waals surface area contributed by atoms with Crippen molar-refractivity contribution < 1.29 is 62.3 Å². The Bertz CT molecular complexity index is 1190. The molecule has 0 aliphatic rings. The van der Waals surface area contributed by atoms with E-state index in [9.17, 15) is 28.8 Å². The van der Waals surface area contributed by atoms with Crippen molar-refractivity contribution >= 4 is 35.6 Å².